The Morgan fingerprint density at radius 2 is 2.00 bits per heavy atom. The first-order chi connectivity index (χ1) is 13.7. The van der Waals surface area contributed by atoms with E-state index in [1.807, 2.05) is 60.8 Å². The molecule has 0 bridgehead atoms. The van der Waals surface area contributed by atoms with Crippen LogP contribution >= 0.6 is 35.6 Å². The topological polar surface area (TPSA) is 41.3 Å². The predicted octanol–water partition coefficient (Wildman–Crippen LogP) is 5.86. The van der Waals surface area contributed by atoms with Gasteiger partial charge in [-0.05, 0) is 67.2 Å². The molecule has 144 valence electrons. The summed E-state index contributed by atoms with van der Waals surface area (Å²) in [6.45, 7) is 3.01. The SMILES string of the molecule is CCCN1C(=S)N[C@@H](c2ccccn2)[C@@H]1c1ccc(Sc2ccc(Cl)cc2)o1. The number of benzene rings is 1. The molecule has 1 aromatic carbocycles. The number of rotatable bonds is 6. The third-order valence-electron chi connectivity index (χ3n) is 4.59. The van der Waals surface area contributed by atoms with Gasteiger partial charge in [0.1, 0.15) is 11.8 Å². The standard InChI is InChI=1S/C21H20ClN3OS2/c1-2-13-25-20(19(24-21(25)27)16-5-3-4-12-23-16)17-10-11-18(26-17)28-15-8-6-14(22)7-9-15/h3-12,19-20H,2,13H2,1H3,(H,24,27)/t19-,20-/m0/s1. The molecule has 1 aliphatic heterocycles. The average molecular weight is 430 g/mol. The van der Waals surface area contributed by atoms with Crippen molar-refractivity contribution in [3.8, 4) is 0 Å². The molecule has 2 aromatic heterocycles. The molecule has 4 rings (SSSR count). The first-order valence-electron chi connectivity index (χ1n) is 9.17. The molecule has 1 saturated heterocycles. The van der Waals surface area contributed by atoms with Crippen molar-refractivity contribution in [2.24, 2.45) is 0 Å². The predicted molar refractivity (Wildman–Crippen MR) is 117 cm³/mol. The Balaban J connectivity index is 1.63. The highest BCUT2D eigenvalue weighted by Gasteiger charge is 2.41. The number of furan rings is 1. The van der Waals surface area contributed by atoms with Gasteiger partial charge in [-0.15, -0.1) is 0 Å². The van der Waals surface area contributed by atoms with Crippen LogP contribution in [0.4, 0.5) is 0 Å². The zero-order valence-electron chi connectivity index (χ0n) is 15.3. The molecule has 2 atom stereocenters. The fraction of sp³-hybridized carbons (Fsp3) is 0.238. The maximum absolute atomic E-state index is 6.24. The van der Waals surface area contributed by atoms with E-state index in [2.05, 4.69) is 22.1 Å². The minimum Gasteiger partial charge on any atom is -0.452 e. The van der Waals surface area contributed by atoms with Gasteiger partial charge in [0.05, 0.1) is 11.7 Å². The van der Waals surface area contributed by atoms with Crippen LogP contribution in [0.25, 0.3) is 0 Å². The van der Waals surface area contributed by atoms with Gasteiger partial charge in [0.15, 0.2) is 10.2 Å². The maximum atomic E-state index is 6.24. The molecule has 0 spiro atoms. The van der Waals surface area contributed by atoms with Crippen LogP contribution in [0.15, 0.2) is 75.2 Å². The zero-order valence-corrected chi connectivity index (χ0v) is 17.7. The molecule has 28 heavy (non-hydrogen) atoms. The highest BCUT2D eigenvalue weighted by atomic mass is 35.5. The van der Waals surface area contributed by atoms with E-state index >= 15 is 0 Å². The molecule has 0 aliphatic carbocycles. The van der Waals surface area contributed by atoms with Crippen molar-refractivity contribution in [1.82, 2.24) is 15.2 Å². The van der Waals surface area contributed by atoms with Crippen molar-refractivity contribution in [2.75, 3.05) is 6.54 Å². The van der Waals surface area contributed by atoms with E-state index in [-0.39, 0.29) is 12.1 Å². The van der Waals surface area contributed by atoms with Crippen LogP contribution in [-0.4, -0.2) is 21.5 Å². The molecule has 7 heteroatoms. The van der Waals surface area contributed by atoms with Crippen LogP contribution in [0.1, 0.15) is 36.9 Å². The van der Waals surface area contributed by atoms with E-state index in [0.29, 0.717) is 0 Å². The van der Waals surface area contributed by atoms with Gasteiger partial charge in [-0.1, -0.05) is 36.4 Å². The number of halogens is 1. The van der Waals surface area contributed by atoms with Crippen molar-refractivity contribution in [3.63, 3.8) is 0 Å². The summed E-state index contributed by atoms with van der Waals surface area (Å²) in [7, 11) is 0. The number of aromatic nitrogens is 1. The highest BCUT2D eigenvalue weighted by molar-refractivity contribution is 7.99. The van der Waals surface area contributed by atoms with E-state index in [0.717, 1.165) is 44.5 Å². The molecular formula is C21H20ClN3OS2. The molecule has 0 saturated carbocycles. The van der Waals surface area contributed by atoms with Crippen LogP contribution in [0, 0.1) is 0 Å². The summed E-state index contributed by atoms with van der Waals surface area (Å²) in [5, 5.41) is 5.74. The summed E-state index contributed by atoms with van der Waals surface area (Å²) in [5.74, 6) is 0.882. The number of hydrogen-bond acceptors (Lipinski definition) is 4. The van der Waals surface area contributed by atoms with Gasteiger partial charge in [0.2, 0.25) is 0 Å². The average Bonchev–Trinajstić information content (AvgIpc) is 3.29. The Bertz CT molecular complexity index is 946. The first-order valence-corrected chi connectivity index (χ1v) is 10.8. The van der Waals surface area contributed by atoms with Gasteiger partial charge >= 0.3 is 0 Å². The van der Waals surface area contributed by atoms with Crippen LogP contribution in [0.5, 0.6) is 0 Å². The molecule has 0 unspecified atom stereocenters. The summed E-state index contributed by atoms with van der Waals surface area (Å²) in [4.78, 5) is 7.82. The second-order valence-corrected chi connectivity index (χ2v) is 8.43. The Kier molecular flexibility index (Phi) is 5.90. The molecule has 3 heterocycles. The molecule has 1 N–H and O–H groups in total. The van der Waals surface area contributed by atoms with E-state index in [4.69, 9.17) is 28.2 Å². The van der Waals surface area contributed by atoms with Gasteiger partial charge in [0.25, 0.3) is 0 Å². The van der Waals surface area contributed by atoms with Crippen molar-refractivity contribution < 1.29 is 4.42 Å². The molecule has 3 aromatic rings. The monoisotopic (exact) mass is 429 g/mol. The van der Waals surface area contributed by atoms with Crippen molar-refractivity contribution >= 4 is 40.7 Å². The van der Waals surface area contributed by atoms with Gasteiger partial charge in [0, 0.05) is 22.7 Å². The third kappa shape index (κ3) is 4.04. The maximum Gasteiger partial charge on any atom is 0.170 e. The lowest BCUT2D eigenvalue weighted by molar-refractivity contribution is 0.260. The Morgan fingerprint density at radius 3 is 2.71 bits per heavy atom. The fourth-order valence-electron chi connectivity index (χ4n) is 3.36. The third-order valence-corrected chi connectivity index (χ3v) is 6.12. The molecule has 1 fully saturated rings. The Morgan fingerprint density at radius 1 is 1.18 bits per heavy atom. The number of pyridine rings is 1. The lowest BCUT2D eigenvalue weighted by Gasteiger charge is -2.25. The highest BCUT2D eigenvalue weighted by Crippen LogP contribution is 2.41. The minimum absolute atomic E-state index is 0.0260. The smallest absolute Gasteiger partial charge is 0.170 e. The van der Waals surface area contributed by atoms with Gasteiger partial charge in [-0.25, -0.2) is 0 Å². The van der Waals surface area contributed by atoms with Gasteiger partial charge in [-0.3, -0.25) is 4.98 Å². The number of hydrogen-bond donors (Lipinski definition) is 1. The van der Waals surface area contributed by atoms with Crippen LogP contribution in [-0.2, 0) is 0 Å². The molecule has 0 radical (unpaired) electrons. The molecular weight excluding hydrogens is 410 g/mol. The summed E-state index contributed by atoms with van der Waals surface area (Å²) < 4.78 is 6.24. The van der Waals surface area contributed by atoms with Gasteiger partial charge in [-0.2, -0.15) is 0 Å². The Labute approximate surface area is 179 Å². The molecule has 0 amide bonds. The fourth-order valence-corrected chi connectivity index (χ4v) is 4.60. The lowest BCUT2D eigenvalue weighted by Crippen LogP contribution is -2.30. The summed E-state index contributed by atoms with van der Waals surface area (Å²) in [6.07, 6.45) is 2.81. The number of nitrogens with one attached hydrogen (secondary N) is 1. The van der Waals surface area contributed by atoms with Crippen molar-refractivity contribution in [2.45, 2.75) is 35.4 Å². The molecule has 4 nitrogen and oxygen atoms in total. The van der Waals surface area contributed by atoms with Crippen LogP contribution in [0.3, 0.4) is 0 Å². The summed E-state index contributed by atoms with van der Waals surface area (Å²) >= 11 is 13.2. The van der Waals surface area contributed by atoms with E-state index in [1.54, 1.807) is 11.8 Å². The van der Waals surface area contributed by atoms with Crippen LogP contribution in [0.2, 0.25) is 5.02 Å². The number of nitrogens with zero attached hydrogens (tertiary/aromatic N) is 2. The van der Waals surface area contributed by atoms with E-state index < -0.39 is 0 Å². The van der Waals surface area contributed by atoms with Crippen molar-refractivity contribution in [1.29, 1.82) is 0 Å². The summed E-state index contributed by atoms with van der Waals surface area (Å²) in [5.41, 5.74) is 0.955. The second-order valence-electron chi connectivity index (χ2n) is 6.53. The first kappa shape index (κ1) is 19.3. The van der Waals surface area contributed by atoms with E-state index in [9.17, 15) is 0 Å². The molecule has 1 aliphatic rings. The number of thiocarbonyl (C=S) groups is 1. The minimum atomic E-state index is -0.0419. The van der Waals surface area contributed by atoms with Crippen LogP contribution < -0.4 is 5.32 Å². The zero-order chi connectivity index (χ0) is 19.5. The quantitative estimate of drug-likeness (QED) is 0.495. The normalized spacial score (nSPS) is 19.1. The second kappa shape index (κ2) is 8.55. The van der Waals surface area contributed by atoms with Crippen molar-refractivity contribution in [3.05, 3.63) is 77.3 Å². The Hall–Kier alpha value is -2.02. The largest absolute Gasteiger partial charge is 0.452 e. The lowest BCUT2D eigenvalue weighted by atomic mass is 10.0. The summed E-state index contributed by atoms with van der Waals surface area (Å²) in [6, 6.07) is 17.7. The van der Waals surface area contributed by atoms with E-state index in [1.165, 1.54) is 0 Å². The van der Waals surface area contributed by atoms with Gasteiger partial charge < -0.3 is 14.6 Å².